The van der Waals surface area contributed by atoms with Gasteiger partial charge in [0.15, 0.2) is 0 Å². The number of rotatable bonds is 3. The summed E-state index contributed by atoms with van der Waals surface area (Å²) < 4.78 is 0. The second-order valence-corrected chi connectivity index (χ2v) is 5.29. The molecule has 0 aliphatic carbocycles. The van der Waals surface area contributed by atoms with Crippen LogP contribution in [0.5, 0.6) is 0 Å². The third-order valence-corrected chi connectivity index (χ3v) is 3.37. The first-order valence-corrected chi connectivity index (χ1v) is 6.40. The molecule has 1 aliphatic rings. The molecule has 0 saturated carbocycles. The SMILES string of the molecule is Cc1ccc(C2CC(NC(C)C)NN2)cc1C. The van der Waals surface area contributed by atoms with E-state index in [1.165, 1.54) is 16.7 Å². The van der Waals surface area contributed by atoms with Gasteiger partial charge in [-0.25, -0.2) is 10.9 Å². The molecule has 0 aromatic heterocycles. The number of hydrazine groups is 1. The molecule has 3 heteroatoms. The van der Waals surface area contributed by atoms with E-state index in [0.29, 0.717) is 18.2 Å². The van der Waals surface area contributed by atoms with Crippen LogP contribution in [0.4, 0.5) is 0 Å². The Bertz CT molecular complexity index is 387. The van der Waals surface area contributed by atoms with Gasteiger partial charge in [0, 0.05) is 12.1 Å². The Morgan fingerprint density at radius 1 is 1.18 bits per heavy atom. The predicted molar refractivity (Wildman–Crippen MR) is 71.6 cm³/mol. The fraction of sp³-hybridized carbons (Fsp3) is 0.571. The van der Waals surface area contributed by atoms with Crippen LogP contribution in [0.3, 0.4) is 0 Å². The van der Waals surface area contributed by atoms with Crippen molar-refractivity contribution in [1.82, 2.24) is 16.2 Å². The third kappa shape index (κ3) is 3.06. The van der Waals surface area contributed by atoms with E-state index in [1.807, 2.05) is 0 Å². The molecule has 17 heavy (non-hydrogen) atoms. The first kappa shape index (κ1) is 12.6. The van der Waals surface area contributed by atoms with Gasteiger partial charge in [0.2, 0.25) is 0 Å². The highest BCUT2D eigenvalue weighted by Gasteiger charge is 2.25. The highest BCUT2D eigenvalue weighted by molar-refractivity contribution is 5.32. The lowest BCUT2D eigenvalue weighted by Gasteiger charge is -2.15. The van der Waals surface area contributed by atoms with Crippen LogP contribution < -0.4 is 16.2 Å². The molecule has 1 saturated heterocycles. The Hall–Kier alpha value is -0.900. The van der Waals surface area contributed by atoms with Gasteiger partial charge in [0.25, 0.3) is 0 Å². The van der Waals surface area contributed by atoms with E-state index < -0.39 is 0 Å². The largest absolute Gasteiger partial charge is 0.299 e. The smallest absolute Gasteiger partial charge is 0.0724 e. The summed E-state index contributed by atoms with van der Waals surface area (Å²) in [7, 11) is 0. The van der Waals surface area contributed by atoms with Crippen LogP contribution in [-0.2, 0) is 0 Å². The van der Waals surface area contributed by atoms with Crippen LogP contribution >= 0.6 is 0 Å². The highest BCUT2D eigenvalue weighted by Crippen LogP contribution is 2.23. The van der Waals surface area contributed by atoms with Crippen molar-refractivity contribution in [2.75, 3.05) is 0 Å². The zero-order valence-electron chi connectivity index (χ0n) is 11.2. The van der Waals surface area contributed by atoms with Gasteiger partial charge in [-0.15, -0.1) is 0 Å². The number of nitrogens with one attached hydrogen (secondary N) is 3. The average Bonchev–Trinajstić information content (AvgIpc) is 2.69. The maximum absolute atomic E-state index is 3.49. The van der Waals surface area contributed by atoms with Crippen molar-refractivity contribution in [3.8, 4) is 0 Å². The molecule has 2 unspecified atom stereocenters. The van der Waals surface area contributed by atoms with Gasteiger partial charge in [-0.1, -0.05) is 18.2 Å². The summed E-state index contributed by atoms with van der Waals surface area (Å²) in [5, 5.41) is 3.49. The molecule has 0 bridgehead atoms. The second kappa shape index (κ2) is 5.17. The molecule has 0 amide bonds. The lowest BCUT2D eigenvalue weighted by Crippen LogP contribution is -2.44. The van der Waals surface area contributed by atoms with Crippen molar-refractivity contribution in [1.29, 1.82) is 0 Å². The quantitative estimate of drug-likeness (QED) is 0.749. The molecular formula is C14H23N3. The van der Waals surface area contributed by atoms with Crippen molar-refractivity contribution in [2.45, 2.75) is 52.4 Å². The summed E-state index contributed by atoms with van der Waals surface area (Å²) in [6, 6.07) is 7.62. The molecule has 0 spiro atoms. The van der Waals surface area contributed by atoms with Crippen LogP contribution in [0.15, 0.2) is 18.2 Å². The van der Waals surface area contributed by atoms with Gasteiger partial charge in [-0.3, -0.25) is 5.32 Å². The fourth-order valence-corrected chi connectivity index (χ4v) is 2.27. The van der Waals surface area contributed by atoms with Crippen LogP contribution in [0.25, 0.3) is 0 Å². The fourth-order valence-electron chi connectivity index (χ4n) is 2.27. The van der Waals surface area contributed by atoms with E-state index in [-0.39, 0.29) is 0 Å². The van der Waals surface area contributed by atoms with Crippen LogP contribution in [0, 0.1) is 13.8 Å². The van der Waals surface area contributed by atoms with E-state index in [2.05, 4.69) is 62.1 Å². The van der Waals surface area contributed by atoms with Gasteiger partial charge in [-0.2, -0.15) is 0 Å². The van der Waals surface area contributed by atoms with E-state index in [1.54, 1.807) is 0 Å². The summed E-state index contributed by atoms with van der Waals surface area (Å²) in [5.41, 5.74) is 10.8. The van der Waals surface area contributed by atoms with Crippen molar-refractivity contribution in [2.24, 2.45) is 0 Å². The van der Waals surface area contributed by atoms with E-state index >= 15 is 0 Å². The van der Waals surface area contributed by atoms with Crippen LogP contribution in [0.2, 0.25) is 0 Å². The first-order valence-electron chi connectivity index (χ1n) is 6.40. The number of benzene rings is 1. The number of hydrogen-bond donors (Lipinski definition) is 3. The average molecular weight is 233 g/mol. The van der Waals surface area contributed by atoms with Gasteiger partial charge in [0.1, 0.15) is 0 Å². The molecule has 1 heterocycles. The second-order valence-electron chi connectivity index (χ2n) is 5.29. The standard InChI is InChI=1S/C14H23N3/c1-9(2)15-14-8-13(16-17-14)12-6-5-10(3)11(4)7-12/h5-7,9,13-17H,8H2,1-4H3. The molecule has 2 atom stereocenters. The summed E-state index contributed by atoms with van der Waals surface area (Å²) in [6.45, 7) is 8.67. The molecule has 1 aromatic rings. The van der Waals surface area contributed by atoms with Gasteiger partial charge >= 0.3 is 0 Å². The lowest BCUT2D eigenvalue weighted by molar-refractivity contribution is 0.421. The minimum Gasteiger partial charge on any atom is -0.299 e. The minimum atomic E-state index is 0.363. The summed E-state index contributed by atoms with van der Waals surface area (Å²) in [6.07, 6.45) is 1.45. The van der Waals surface area contributed by atoms with Crippen molar-refractivity contribution < 1.29 is 0 Å². The maximum atomic E-state index is 3.49. The van der Waals surface area contributed by atoms with Crippen LogP contribution in [0.1, 0.15) is 43.0 Å². The van der Waals surface area contributed by atoms with E-state index in [4.69, 9.17) is 0 Å². The highest BCUT2D eigenvalue weighted by atomic mass is 15.5. The molecule has 1 aliphatic heterocycles. The predicted octanol–water partition coefficient (Wildman–Crippen LogP) is 2.17. The summed E-state index contributed by atoms with van der Waals surface area (Å²) >= 11 is 0. The molecular weight excluding hydrogens is 210 g/mol. The Morgan fingerprint density at radius 3 is 2.59 bits per heavy atom. The monoisotopic (exact) mass is 233 g/mol. The molecule has 1 aromatic carbocycles. The summed E-state index contributed by atoms with van der Waals surface area (Å²) in [5.74, 6) is 0. The van der Waals surface area contributed by atoms with Crippen molar-refractivity contribution >= 4 is 0 Å². The topological polar surface area (TPSA) is 36.1 Å². The molecule has 3 N–H and O–H groups in total. The zero-order chi connectivity index (χ0) is 12.4. The first-order chi connectivity index (χ1) is 8.06. The van der Waals surface area contributed by atoms with Gasteiger partial charge in [-0.05, 0) is 50.8 Å². The van der Waals surface area contributed by atoms with E-state index in [9.17, 15) is 0 Å². The summed E-state index contributed by atoms with van der Waals surface area (Å²) in [4.78, 5) is 0. The lowest BCUT2D eigenvalue weighted by atomic mass is 9.99. The Labute approximate surface area is 104 Å². The third-order valence-electron chi connectivity index (χ3n) is 3.37. The number of aryl methyl sites for hydroxylation is 2. The molecule has 2 rings (SSSR count). The van der Waals surface area contributed by atoms with Crippen molar-refractivity contribution in [3.05, 3.63) is 34.9 Å². The maximum Gasteiger partial charge on any atom is 0.0724 e. The minimum absolute atomic E-state index is 0.363. The van der Waals surface area contributed by atoms with Gasteiger partial charge in [0.05, 0.1) is 6.17 Å². The van der Waals surface area contributed by atoms with Crippen molar-refractivity contribution in [3.63, 3.8) is 0 Å². The molecule has 94 valence electrons. The Balaban J connectivity index is 2.02. The van der Waals surface area contributed by atoms with Gasteiger partial charge < -0.3 is 0 Å². The Morgan fingerprint density at radius 2 is 1.94 bits per heavy atom. The van der Waals surface area contributed by atoms with Crippen LogP contribution in [-0.4, -0.2) is 12.2 Å². The zero-order valence-corrected chi connectivity index (χ0v) is 11.2. The molecule has 0 radical (unpaired) electrons. The Kier molecular flexibility index (Phi) is 3.82. The molecule has 3 nitrogen and oxygen atoms in total. The normalized spacial score (nSPS) is 24.5. The molecule has 1 fully saturated rings. The number of hydrogen-bond acceptors (Lipinski definition) is 3. The van der Waals surface area contributed by atoms with E-state index in [0.717, 1.165) is 6.42 Å².